The monoisotopic (exact) mass is 758 g/mol. The van der Waals surface area contributed by atoms with Crippen LogP contribution in [0.15, 0.2) is 47.4 Å². The smallest absolute Gasteiger partial charge is 0.328 e. The number of nitrogens with one attached hydrogen (secondary N) is 3. The molecule has 1 rings (SSSR count). The van der Waals surface area contributed by atoms with E-state index in [4.69, 9.17) is 14.9 Å². The molecule has 0 aromatic rings. The Kier molecular flexibility index (Phi) is 23.1. The first-order chi connectivity index (χ1) is 25.1. The van der Waals surface area contributed by atoms with Crippen molar-refractivity contribution in [1.82, 2.24) is 31.1 Å². The van der Waals surface area contributed by atoms with Gasteiger partial charge in [-0.2, -0.15) is 10.1 Å². The number of carbonyl (C=O) groups is 4. The van der Waals surface area contributed by atoms with Crippen molar-refractivity contribution in [2.24, 2.45) is 0 Å². The molecule has 5 atom stereocenters. The number of aliphatic hydroxyl groups is 5. The Hall–Kier alpha value is -3.92. The van der Waals surface area contributed by atoms with E-state index in [9.17, 15) is 50.1 Å². The van der Waals surface area contributed by atoms with Gasteiger partial charge in [0.2, 0.25) is 23.6 Å². The molecule has 0 aromatic heterocycles. The second-order valence-electron chi connectivity index (χ2n) is 12.6. The fourth-order valence-electron chi connectivity index (χ4n) is 5.04. The average Bonchev–Trinajstić information content (AvgIpc) is 3.08. The maximum absolute atomic E-state index is 12.6. The molecule has 0 spiro atoms. The summed E-state index contributed by atoms with van der Waals surface area (Å²) >= 11 is 0. The van der Waals surface area contributed by atoms with Gasteiger partial charge in [-0.05, 0) is 89.5 Å². The van der Waals surface area contributed by atoms with E-state index in [1.54, 1.807) is 13.8 Å². The number of rotatable bonds is 26. The summed E-state index contributed by atoms with van der Waals surface area (Å²) in [5.41, 5.74) is 1.38. The van der Waals surface area contributed by atoms with Crippen LogP contribution in [0.5, 0.6) is 0 Å². The number of amides is 3. The Morgan fingerprint density at radius 1 is 0.830 bits per heavy atom. The highest BCUT2D eigenvalue weighted by Gasteiger charge is 2.33. The zero-order valence-electron chi connectivity index (χ0n) is 30.6. The summed E-state index contributed by atoms with van der Waals surface area (Å²) in [5.74, 6) is -2.60. The van der Waals surface area contributed by atoms with Crippen LogP contribution >= 0.6 is 0 Å². The lowest BCUT2D eigenvalue weighted by Gasteiger charge is -2.30. The van der Waals surface area contributed by atoms with Gasteiger partial charge in [0.25, 0.3) is 0 Å². The van der Waals surface area contributed by atoms with E-state index in [-0.39, 0.29) is 78.0 Å². The molecule has 302 valence electrons. The van der Waals surface area contributed by atoms with Crippen LogP contribution in [0.4, 0.5) is 0 Å². The molecule has 0 saturated carbocycles. The Bertz CT molecular complexity index is 1280. The number of hydrogen-bond acceptors (Lipinski definition) is 16. The van der Waals surface area contributed by atoms with Gasteiger partial charge < -0.3 is 56.6 Å². The quantitative estimate of drug-likeness (QED) is 0.0135. The minimum absolute atomic E-state index is 0.0247. The van der Waals surface area contributed by atoms with Crippen molar-refractivity contribution in [3.8, 4) is 0 Å². The molecule has 1 aliphatic heterocycles. The molecule has 0 aromatic carbocycles. The first-order valence-corrected chi connectivity index (χ1v) is 17.5. The predicted octanol–water partition coefficient (Wildman–Crippen LogP) is -0.318. The number of aliphatic hydroxyl groups excluding tert-OH is 5. The van der Waals surface area contributed by atoms with E-state index in [1.807, 2.05) is 0 Å². The lowest BCUT2D eigenvalue weighted by atomic mass is 10.0. The summed E-state index contributed by atoms with van der Waals surface area (Å²) in [6.45, 7) is 4.13. The Labute approximate surface area is 309 Å². The van der Waals surface area contributed by atoms with E-state index in [0.29, 0.717) is 39.2 Å². The number of allylic oxidation sites excluding steroid dienone is 2. The Morgan fingerprint density at radius 2 is 1.32 bits per heavy atom. The van der Waals surface area contributed by atoms with Gasteiger partial charge in [-0.1, -0.05) is 17.2 Å². The minimum atomic E-state index is -1.31. The van der Waals surface area contributed by atoms with E-state index in [1.165, 1.54) is 31.2 Å². The van der Waals surface area contributed by atoms with Crippen LogP contribution in [0.2, 0.25) is 0 Å². The lowest BCUT2D eigenvalue weighted by Crippen LogP contribution is -2.61. The third-order valence-electron chi connectivity index (χ3n) is 8.01. The number of piperazine rings is 1. The second kappa shape index (κ2) is 26.0. The van der Waals surface area contributed by atoms with Crippen molar-refractivity contribution >= 4 is 23.7 Å². The number of hydrogen-bond donors (Lipinski definition) is 11. The summed E-state index contributed by atoms with van der Waals surface area (Å²) in [7, 11) is 0. The van der Waals surface area contributed by atoms with Crippen molar-refractivity contribution in [2.45, 2.75) is 103 Å². The van der Waals surface area contributed by atoms with Crippen LogP contribution in [0.1, 0.15) is 72.1 Å². The number of carbonyl (C=O) groups excluding carboxylic acids is 4. The van der Waals surface area contributed by atoms with Crippen molar-refractivity contribution < 1.29 is 65.1 Å². The number of hydroxylamine groups is 6. The van der Waals surface area contributed by atoms with Crippen LogP contribution in [0.25, 0.3) is 0 Å². The normalized spacial score (nSPS) is 18.9. The molecular formula is C34H58N6O13. The van der Waals surface area contributed by atoms with Crippen LogP contribution in [-0.4, -0.2) is 150 Å². The van der Waals surface area contributed by atoms with Gasteiger partial charge in [0.1, 0.15) is 37.2 Å². The molecule has 19 heteroatoms. The van der Waals surface area contributed by atoms with Gasteiger partial charge >= 0.3 is 5.97 Å². The largest absolute Gasteiger partial charge is 0.493 e. The zero-order valence-corrected chi connectivity index (χ0v) is 30.6. The van der Waals surface area contributed by atoms with Crippen molar-refractivity contribution in [3.05, 3.63) is 47.4 Å². The highest BCUT2D eigenvalue weighted by molar-refractivity contribution is 5.96. The predicted molar refractivity (Wildman–Crippen MR) is 188 cm³/mol. The summed E-state index contributed by atoms with van der Waals surface area (Å²) in [5, 5.41) is 87.9. The minimum Gasteiger partial charge on any atom is -0.493 e. The van der Waals surface area contributed by atoms with Crippen molar-refractivity contribution in [3.63, 3.8) is 0 Å². The van der Waals surface area contributed by atoms with Crippen LogP contribution in [0, 0.1) is 0 Å². The highest BCUT2D eigenvalue weighted by atomic mass is 16.5. The summed E-state index contributed by atoms with van der Waals surface area (Å²) in [4.78, 5) is 49.2. The third kappa shape index (κ3) is 19.6. The van der Waals surface area contributed by atoms with Crippen LogP contribution in [0.3, 0.4) is 0 Å². The van der Waals surface area contributed by atoms with Crippen molar-refractivity contribution in [1.29, 1.82) is 0 Å². The maximum Gasteiger partial charge on any atom is 0.328 e. The first kappa shape index (κ1) is 47.1. The summed E-state index contributed by atoms with van der Waals surface area (Å²) in [6.07, 6.45) is 5.87. The second-order valence-corrected chi connectivity index (χ2v) is 12.6. The molecular weight excluding hydrogens is 700 g/mol. The zero-order chi connectivity index (χ0) is 39.9. The number of nitrogens with zero attached hydrogens (tertiary/aromatic N) is 3. The molecule has 0 aliphatic carbocycles. The summed E-state index contributed by atoms with van der Waals surface area (Å²) in [6, 6.07) is -2.71. The SMILES string of the molecule is CC(=O)N[C@@H](CCCN(O)C(O)/C=C(\C)CCO)C(=O)OCC=CC=C(O)N(O)CCC[C@@H]1NC(=O)[C@H](CCCN(O)C(O)C=C(C)CCO)NC1=O. The molecule has 1 saturated heterocycles. The fourth-order valence-corrected chi connectivity index (χ4v) is 5.04. The fraction of sp³-hybridized carbons (Fsp3) is 0.647. The van der Waals surface area contributed by atoms with Gasteiger partial charge in [0.05, 0.1) is 0 Å². The molecule has 3 amide bonds. The summed E-state index contributed by atoms with van der Waals surface area (Å²) < 4.78 is 5.16. The van der Waals surface area contributed by atoms with Crippen LogP contribution < -0.4 is 16.0 Å². The van der Waals surface area contributed by atoms with Gasteiger partial charge in [-0.15, -0.1) is 0 Å². The topological polar surface area (TPSA) is 285 Å². The Balaban J connectivity index is 2.45. The van der Waals surface area contributed by atoms with Gasteiger partial charge in [-0.25, -0.2) is 9.86 Å². The van der Waals surface area contributed by atoms with Gasteiger partial charge in [-0.3, -0.25) is 19.6 Å². The molecule has 0 bridgehead atoms. The number of esters is 1. The molecule has 1 heterocycles. The maximum atomic E-state index is 12.6. The van der Waals surface area contributed by atoms with Crippen molar-refractivity contribution in [2.75, 3.05) is 39.5 Å². The Morgan fingerprint density at radius 3 is 1.81 bits per heavy atom. The number of ether oxygens (including phenoxy) is 1. The average molecular weight is 759 g/mol. The van der Waals surface area contributed by atoms with Gasteiger partial charge in [0, 0.05) is 39.8 Å². The van der Waals surface area contributed by atoms with Gasteiger partial charge in [0.15, 0.2) is 0 Å². The van der Waals surface area contributed by atoms with E-state index < -0.39 is 60.2 Å². The van der Waals surface area contributed by atoms with E-state index in [0.717, 1.165) is 6.08 Å². The molecule has 53 heavy (non-hydrogen) atoms. The molecule has 2 unspecified atom stereocenters. The lowest BCUT2D eigenvalue weighted by molar-refractivity contribution is -0.177. The standard InChI is InChI=1S/C34H58N6O13/c1-23(13-18-41)21-30(45)39(51)16-7-10-27-33(48)36-26(32(47)37-27)9-6-15-38(50)29(44)12-4-5-20-53-34(49)28(35-25(3)43)11-8-17-40(52)31(46)22-24(2)14-19-42/h4-5,12,21-22,26-28,30-31,41-42,44-46,50-52H,6-11,13-20H2,1-3H3,(H,35,43)(H,36,48)(H,37,47)/b5-4?,23-21?,24-22+,29-12?/t26-,27-,28-,30?,31?/m0/s1. The molecule has 11 N–H and O–H groups in total. The molecule has 19 nitrogen and oxygen atoms in total. The molecule has 1 fully saturated rings. The highest BCUT2D eigenvalue weighted by Crippen LogP contribution is 2.12. The van der Waals surface area contributed by atoms with Crippen LogP contribution in [-0.2, 0) is 23.9 Å². The van der Waals surface area contributed by atoms with E-state index >= 15 is 0 Å². The van der Waals surface area contributed by atoms with E-state index in [2.05, 4.69) is 16.0 Å². The molecule has 0 radical (unpaired) electrons. The molecule has 1 aliphatic rings. The first-order valence-electron chi connectivity index (χ1n) is 17.5. The third-order valence-corrected chi connectivity index (χ3v) is 8.01.